The number of phenolic OH excluding ortho intramolecular Hbond substituents is 2. The second-order valence-corrected chi connectivity index (χ2v) is 6.95. The molecule has 0 bridgehead atoms. The summed E-state index contributed by atoms with van der Waals surface area (Å²) in [4.78, 5) is 0. The Morgan fingerprint density at radius 3 is 1.81 bits per heavy atom. The van der Waals surface area contributed by atoms with E-state index in [1.807, 2.05) is 6.07 Å². The lowest BCUT2D eigenvalue weighted by Crippen LogP contribution is -1.96. The van der Waals surface area contributed by atoms with Crippen molar-refractivity contribution >= 4 is 22.1 Å². The zero-order valence-electron chi connectivity index (χ0n) is 16.8. The molecule has 0 saturated carbocycles. The molecule has 32 heavy (non-hydrogen) atoms. The van der Waals surface area contributed by atoms with Gasteiger partial charge in [0, 0.05) is 17.5 Å². The minimum absolute atomic E-state index is 0.0175. The van der Waals surface area contributed by atoms with Crippen molar-refractivity contribution in [2.24, 2.45) is 0 Å². The molecule has 0 amide bonds. The molecule has 4 aromatic carbocycles. The van der Waals surface area contributed by atoms with Crippen LogP contribution in [-0.2, 0) is 0 Å². The summed E-state index contributed by atoms with van der Waals surface area (Å²) in [5, 5.41) is 20.7. The Labute approximate surface area is 184 Å². The van der Waals surface area contributed by atoms with Crippen LogP contribution in [0.2, 0.25) is 0 Å². The van der Waals surface area contributed by atoms with Gasteiger partial charge in [-0.05, 0) is 53.9 Å². The van der Waals surface area contributed by atoms with Gasteiger partial charge in [0.15, 0.2) is 5.75 Å². The Balaban J connectivity index is 1.77. The van der Waals surface area contributed by atoms with E-state index < -0.39 is 0 Å². The summed E-state index contributed by atoms with van der Waals surface area (Å²) < 4.78 is 11.8. The molecule has 0 aliphatic rings. The third-order valence-electron chi connectivity index (χ3n) is 4.82. The highest BCUT2D eigenvalue weighted by atomic mass is 16.5. The molecule has 6 N–H and O–H groups in total. The Hall–Kier alpha value is -4.94. The van der Waals surface area contributed by atoms with E-state index in [1.165, 1.54) is 24.3 Å². The fraction of sp³-hybridized carbons (Fsp3) is 0. The number of hydrogen-bond donors (Lipinski definition) is 4. The fourth-order valence-electron chi connectivity index (χ4n) is 3.23. The summed E-state index contributed by atoms with van der Waals surface area (Å²) in [6.07, 6.45) is 11.5. The Kier molecular flexibility index (Phi) is 5.12. The maximum atomic E-state index is 9.64. The van der Waals surface area contributed by atoms with Gasteiger partial charge in [0.2, 0.25) is 0 Å². The molecule has 0 spiro atoms. The standard InChI is InChI=1S/C26H18N2O4/c1-3-15-11-16-12-17(31-18-6-9-24(29)22(27)13-18)5-8-21(16)20(4-2)26(15)32-19-7-10-25(30)23(28)14-19/h1-2,5-14,29-30H,27-28H2. The monoisotopic (exact) mass is 422 g/mol. The van der Waals surface area contributed by atoms with Gasteiger partial charge in [0.05, 0.1) is 22.5 Å². The predicted octanol–water partition coefficient (Wildman–Crippen LogP) is 4.96. The van der Waals surface area contributed by atoms with Crippen molar-refractivity contribution in [1.29, 1.82) is 0 Å². The van der Waals surface area contributed by atoms with Gasteiger partial charge in [-0.1, -0.05) is 11.8 Å². The van der Waals surface area contributed by atoms with Crippen LogP contribution in [0.15, 0.2) is 60.7 Å². The van der Waals surface area contributed by atoms with E-state index in [2.05, 4.69) is 11.8 Å². The molecule has 0 atom stereocenters. The first-order valence-corrected chi connectivity index (χ1v) is 9.46. The number of terminal acetylenes is 2. The van der Waals surface area contributed by atoms with Gasteiger partial charge in [0.1, 0.15) is 28.7 Å². The second-order valence-electron chi connectivity index (χ2n) is 6.95. The van der Waals surface area contributed by atoms with Crippen LogP contribution in [0.25, 0.3) is 10.8 Å². The number of ether oxygens (including phenoxy) is 2. The normalized spacial score (nSPS) is 10.3. The van der Waals surface area contributed by atoms with Gasteiger partial charge >= 0.3 is 0 Å². The van der Waals surface area contributed by atoms with Crippen molar-refractivity contribution in [3.63, 3.8) is 0 Å². The zero-order valence-corrected chi connectivity index (χ0v) is 16.8. The fourth-order valence-corrected chi connectivity index (χ4v) is 3.23. The van der Waals surface area contributed by atoms with Gasteiger partial charge in [-0.25, -0.2) is 0 Å². The number of rotatable bonds is 4. The lowest BCUT2D eigenvalue weighted by atomic mass is 9.99. The highest BCUT2D eigenvalue weighted by molar-refractivity contribution is 5.93. The van der Waals surface area contributed by atoms with Crippen molar-refractivity contribution in [3.05, 3.63) is 71.8 Å². The Morgan fingerprint density at radius 1 is 0.688 bits per heavy atom. The first-order valence-electron chi connectivity index (χ1n) is 9.46. The number of anilines is 2. The Bertz CT molecular complexity index is 1450. The first-order chi connectivity index (χ1) is 15.4. The quantitative estimate of drug-likeness (QED) is 0.210. The number of aromatic hydroxyl groups is 2. The molecule has 6 nitrogen and oxygen atoms in total. The van der Waals surface area contributed by atoms with Crippen molar-refractivity contribution in [2.45, 2.75) is 0 Å². The largest absolute Gasteiger partial charge is 0.506 e. The van der Waals surface area contributed by atoms with Crippen LogP contribution in [-0.4, -0.2) is 10.2 Å². The average Bonchev–Trinajstić information content (AvgIpc) is 2.78. The van der Waals surface area contributed by atoms with Gasteiger partial charge in [0.25, 0.3) is 0 Å². The molecule has 0 fully saturated rings. The van der Waals surface area contributed by atoms with Gasteiger partial charge < -0.3 is 31.2 Å². The molecule has 6 heteroatoms. The second kappa shape index (κ2) is 8.06. The summed E-state index contributed by atoms with van der Waals surface area (Å²) in [6, 6.07) is 16.2. The molecular weight excluding hydrogens is 404 g/mol. The van der Waals surface area contributed by atoms with Gasteiger partial charge in [-0.3, -0.25) is 0 Å². The minimum Gasteiger partial charge on any atom is -0.506 e. The number of hydrogen-bond acceptors (Lipinski definition) is 6. The number of phenols is 2. The molecule has 0 unspecified atom stereocenters. The van der Waals surface area contributed by atoms with E-state index in [0.717, 1.165) is 10.8 Å². The summed E-state index contributed by atoms with van der Waals surface area (Å²) >= 11 is 0. The van der Waals surface area contributed by atoms with Gasteiger partial charge in [-0.2, -0.15) is 0 Å². The number of nitrogen functional groups attached to an aromatic ring is 2. The SMILES string of the molecule is C#Cc1cc2cc(Oc3ccc(O)c(N)c3)ccc2c(C#C)c1Oc1ccc(O)c(N)c1. The first kappa shape index (κ1) is 20.3. The smallest absolute Gasteiger partial charge is 0.159 e. The third-order valence-corrected chi connectivity index (χ3v) is 4.82. The number of benzene rings is 4. The lowest BCUT2D eigenvalue weighted by Gasteiger charge is -2.15. The van der Waals surface area contributed by atoms with Crippen molar-refractivity contribution in [3.8, 4) is 59.2 Å². The topological polar surface area (TPSA) is 111 Å². The molecular formula is C26H18N2O4. The summed E-state index contributed by atoms with van der Waals surface area (Å²) in [7, 11) is 0. The molecule has 4 rings (SSSR count). The van der Waals surface area contributed by atoms with Crippen LogP contribution in [0.4, 0.5) is 11.4 Å². The van der Waals surface area contributed by atoms with Crippen LogP contribution in [0.5, 0.6) is 34.5 Å². The van der Waals surface area contributed by atoms with E-state index in [-0.39, 0.29) is 22.9 Å². The zero-order chi connectivity index (χ0) is 22.8. The third kappa shape index (κ3) is 3.77. The molecule has 0 aromatic heterocycles. The summed E-state index contributed by atoms with van der Waals surface area (Å²) in [5.74, 6) is 6.93. The molecule has 0 heterocycles. The molecule has 4 aromatic rings. The predicted molar refractivity (Wildman–Crippen MR) is 125 cm³/mol. The number of nitrogens with two attached hydrogens (primary N) is 2. The van der Waals surface area contributed by atoms with E-state index in [1.54, 1.807) is 30.3 Å². The van der Waals surface area contributed by atoms with Crippen LogP contribution in [0.1, 0.15) is 11.1 Å². The van der Waals surface area contributed by atoms with E-state index in [4.69, 9.17) is 33.8 Å². The Morgan fingerprint density at radius 2 is 1.25 bits per heavy atom. The maximum absolute atomic E-state index is 9.64. The molecule has 0 saturated heterocycles. The van der Waals surface area contributed by atoms with E-state index >= 15 is 0 Å². The molecule has 0 aliphatic heterocycles. The molecule has 0 aliphatic carbocycles. The average molecular weight is 422 g/mol. The van der Waals surface area contributed by atoms with E-state index in [9.17, 15) is 10.2 Å². The van der Waals surface area contributed by atoms with Crippen LogP contribution in [0, 0.1) is 24.7 Å². The van der Waals surface area contributed by atoms with Crippen LogP contribution in [0.3, 0.4) is 0 Å². The van der Waals surface area contributed by atoms with Gasteiger partial charge in [-0.15, -0.1) is 12.8 Å². The number of fused-ring (bicyclic) bond motifs is 1. The molecule has 0 radical (unpaired) electrons. The van der Waals surface area contributed by atoms with Crippen LogP contribution < -0.4 is 20.9 Å². The van der Waals surface area contributed by atoms with Crippen LogP contribution >= 0.6 is 0 Å². The van der Waals surface area contributed by atoms with Crippen molar-refractivity contribution < 1.29 is 19.7 Å². The van der Waals surface area contributed by atoms with E-state index in [0.29, 0.717) is 34.1 Å². The van der Waals surface area contributed by atoms with Crippen molar-refractivity contribution in [2.75, 3.05) is 11.5 Å². The molecule has 156 valence electrons. The summed E-state index contributed by atoms with van der Waals surface area (Å²) in [6.45, 7) is 0. The minimum atomic E-state index is -0.0480. The lowest BCUT2D eigenvalue weighted by molar-refractivity contribution is 0.465. The highest BCUT2D eigenvalue weighted by Crippen LogP contribution is 2.38. The highest BCUT2D eigenvalue weighted by Gasteiger charge is 2.15. The van der Waals surface area contributed by atoms with Crippen molar-refractivity contribution in [1.82, 2.24) is 0 Å². The maximum Gasteiger partial charge on any atom is 0.159 e. The summed E-state index contributed by atoms with van der Waals surface area (Å²) in [5.41, 5.74) is 12.8.